The van der Waals surface area contributed by atoms with E-state index in [1.54, 1.807) is 0 Å². The number of benzene rings is 6. The van der Waals surface area contributed by atoms with Crippen LogP contribution in [-0.4, -0.2) is 19.9 Å². The summed E-state index contributed by atoms with van der Waals surface area (Å²) in [7, 11) is 0. The monoisotopic (exact) mass is 650 g/mol. The predicted octanol–water partition coefficient (Wildman–Crippen LogP) is 11.9. The lowest BCUT2D eigenvalue weighted by molar-refractivity contribution is 0.673. The van der Waals surface area contributed by atoms with Gasteiger partial charge in [0, 0.05) is 72.8 Å². The first kappa shape index (κ1) is 27.9. The van der Waals surface area contributed by atoms with Gasteiger partial charge in [-0.2, -0.15) is 0 Å². The predicted molar refractivity (Wildman–Crippen MR) is 209 cm³/mol. The number of aromatic nitrogens is 4. The molecule has 11 aromatic rings. The summed E-state index contributed by atoms with van der Waals surface area (Å²) in [6.07, 6.45) is 5.54. The zero-order chi connectivity index (χ0) is 33.5. The number of pyridine rings is 4. The van der Waals surface area contributed by atoms with Crippen molar-refractivity contribution in [2.45, 2.75) is 0 Å². The van der Waals surface area contributed by atoms with Gasteiger partial charge in [0.1, 0.15) is 11.2 Å². The van der Waals surface area contributed by atoms with Crippen molar-refractivity contribution in [3.05, 3.63) is 158 Å². The minimum atomic E-state index is 0.890. The summed E-state index contributed by atoms with van der Waals surface area (Å²) in [5, 5.41) is 8.69. The van der Waals surface area contributed by atoms with Gasteiger partial charge in [0.05, 0.1) is 27.8 Å². The summed E-state index contributed by atoms with van der Waals surface area (Å²) in [5.41, 5.74) is 11.9. The molecule has 0 saturated heterocycles. The second-order valence-corrected chi connectivity index (χ2v) is 13.0. The smallest absolute Gasteiger partial charge is 0.144 e. The molecule has 0 aliphatic rings. The van der Waals surface area contributed by atoms with Crippen LogP contribution >= 0.6 is 0 Å². The van der Waals surface area contributed by atoms with Gasteiger partial charge in [-0.05, 0) is 59.2 Å². The maximum absolute atomic E-state index is 6.53. The first-order valence-electron chi connectivity index (χ1n) is 17.0. The molecule has 236 valence electrons. The highest BCUT2D eigenvalue weighted by atomic mass is 16.3. The number of furan rings is 1. The van der Waals surface area contributed by atoms with Crippen LogP contribution in [0.5, 0.6) is 0 Å². The minimum absolute atomic E-state index is 0.890. The molecule has 0 atom stereocenters. The minimum Gasteiger partial charge on any atom is -0.455 e. The molecule has 5 heterocycles. The molecule has 51 heavy (non-hydrogen) atoms. The lowest BCUT2D eigenvalue weighted by Crippen LogP contribution is -1.92. The number of hydrogen-bond donors (Lipinski definition) is 0. The molecule has 5 nitrogen and oxygen atoms in total. The van der Waals surface area contributed by atoms with Gasteiger partial charge in [-0.3, -0.25) is 15.0 Å². The van der Waals surface area contributed by atoms with E-state index < -0.39 is 0 Å². The Morgan fingerprint density at radius 3 is 1.92 bits per heavy atom. The van der Waals surface area contributed by atoms with Crippen molar-refractivity contribution < 1.29 is 4.42 Å². The molecule has 0 spiro atoms. The van der Waals surface area contributed by atoms with E-state index in [0.29, 0.717) is 0 Å². The van der Waals surface area contributed by atoms with E-state index in [9.17, 15) is 0 Å². The van der Waals surface area contributed by atoms with Gasteiger partial charge in [0.15, 0.2) is 0 Å². The molecule has 0 fully saturated rings. The van der Waals surface area contributed by atoms with Crippen molar-refractivity contribution in [3.8, 4) is 33.5 Å². The van der Waals surface area contributed by atoms with E-state index >= 15 is 0 Å². The summed E-state index contributed by atoms with van der Waals surface area (Å²) in [6.45, 7) is 0. The fraction of sp³-hybridized carbons (Fsp3) is 0. The Bertz CT molecular complexity index is 3200. The van der Waals surface area contributed by atoms with Crippen molar-refractivity contribution in [2.24, 2.45) is 0 Å². The van der Waals surface area contributed by atoms with Gasteiger partial charge in [0.25, 0.3) is 0 Å². The normalized spacial score (nSPS) is 11.9. The topological polar surface area (TPSA) is 64.7 Å². The second-order valence-electron chi connectivity index (χ2n) is 13.0. The second kappa shape index (κ2) is 10.8. The van der Waals surface area contributed by atoms with Crippen molar-refractivity contribution in [1.82, 2.24) is 19.9 Å². The van der Waals surface area contributed by atoms with E-state index in [1.807, 2.05) is 55.0 Å². The number of para-hydroxylation sites is 2. The van der Waals surface area contributed by atoms with E-state index in [-0.39, 0.29) is 0 Å². The quantitative estimate of drug-likeness (QED) is 0.178. The summed E-state index contributed by atoms with van der Waals surface area (Å²) >= 11 is 0. The Morgan fingerprint density at radius 1 is 0.412 bits per heavy atom. The van der Waals surface area contributed by atoms with Crippen LogP contribution in [0.3, 0.4) is 0 Å². The zero-order valence-electron chi connectivity index (χ0n) is 27.2. The molecule has 0 N–H and O–H groups in total. The van der Waals surface area contributed by atoms with Crippen molar-refractivity contribution in [2.75, 3.05) is 0 Å². The Labute approximate surface area is 291 Å². The van der Waals surface area contributed by atoms with Gasteiger partial charge in [-0.25, -0.2) is 4.98 Å². The van der Waals surface area contributed by atoms with Gasteiger partial charge in [-0.1, -0.05) is 97.1 Å². The highest BCUT2D eigenvalue weighted by molar-refractivity contribution is 6.24. The summed E-state index contributed by atoms with van der Waals surface area (Å²) in [6, 6.07) is 48.7. The highest BCUT2D eigenvalue weighted by Gasteiger charge is 2.19. The fourth-order valence-electron chi connectivity index (χ4n) is 7.88. The van der Waals surface area contributed by atoms with E-state index in [1.165, 1.54) is 0 Å². The van der Waals surface area contributed by atoms with Crippen LogP contribution in [0.15, 0.2) is 163 Å². The third-order valence-corrected chi connectivity index (χ3v) is 10.2. The zero-order valence-corrected chi connectivity index (χ0v) is 27.2. The summed E-state index contributed by atoms with van der Waals surface area (Å²) < 4.78 is 6.53. The summed E-state index contributed by atoms with van der Waals surface area (Å²) in [4.78, 5) is 19.6. The molecule has 5 heteroatoms. The molecular weight excluding hydrogens is 625 g/mol. The van der Waals surface area contributed by atoms with E-state index in [0.717, 1.165) is 110 Å². The fourth-order valence-corrected chi connectivity index (χ4v) is 7.88. The number of fused-ring (bicyclic) bond motifs is 11. The van der Waals surface area contributed by atoms with Gasteiger partial charge >= 0.3 is 0 Å². The van der Waals surface area contributed by atoms with Gasteiger partial charge in [0.2, 0.25) is 0 Å². The van der Waals surface area contributed by atoms with Crippen molar-refractivity contribution in [1.29, 1.82) is 0 Å². The van der Waals surface area contributed by atoms with Crippen LogP contribution in [0.2, 0.25) is 0 Å². The van der Waals surface area contributed by atoms with Crippen LogP contribution in [0.1, 0.15) is 0 Å². The van der Waals surface area contributed by atoms with Crippen LogP contribution in [0, 0.1) is 0 Å². The molecule has 0 saturated carbocycles. The maximum atomic E-state index is 6.53. The highest BCUT2D eigenvalue weighted by Crippen LogP contribution is 2.42. The third-order valence-electron chi connectivity index (χ3n) is 10.2. The standard InChI is InChI=1S/C46H26N4O/c1-3-13-39-36(10-1)41-37(22-21-35-32-9-2-4-14-40(32)51-46(35)41)42(50-39)28-17-15-27(16-18-28)30-19-20-31(33-11-6-24-48-44(30)33)38-26-29-8-5-23-47-43(29)45-34(38)12-7-25-49-45/h1-26H. The summed E-state index contributed by atoms with van der Waals surface area (Å²) in [5.74, 6) is 0. The number of nitrogens with zero attached hydrogens (tertiary/aromatic N) is 4. The average molecular weight is 651 g/mol. The Morgan fingerprint density at radius 2 is 1.06 bits per heavy atom. The Kier molecular flexibility index (Phi) is 5.89. The van der Waals surface area contributed by atoms with Gasteiger partial charge < -0.3 is 4.42 Å². The molecule has 0 unspecified atom stereocenters. The van der Waals surface area contributed by atoms with Crippen LogP contribution in [0.25, 0.3) is 110 Å². The number of hydrogen-bond acceptors (Lipinski definition) is 5. The molecule has 0 aliphatic carbocycles. The molecule has 0 amide bonds. The average Bonchev–Trinajstić information content (AvgIpc) is 3.59. The maximum Gasteiger partial charge on any atom is 0.144 e. The molecule has 0 aliphatic heterocycles. The SMILES string of the molecule is c1cnc2c(c1)cc(-c1ccc(-c3ccc(-c4nc5ccccc5c5c4ccc4c6ccccc6oc45)cc3)c3ncccc13)c1cccnc12. The lowest BCUT2D eigenvalue weighted by atomic mass is 9.91. The van der Waals surface area contributed by atoms with Crippen LogP contribution in [-0.2, 0) is 0 Å². The molecule has 6 aromatic carbocycles. The number of rotatable bonds is 3. The lowest BCUT2D eigenvalue weighted by Gasteiger charge is -2.15. The first-order valence-corrected chi connectivity index (χ1v) is 17.0. The van der Waals surface area contributed by atoms with E-state index in [2.05, 4.69) is 108 Å². The molecule has 11 rings (SSSR count). The van der Waals surface area contributed by atoms with Crippen LogP contribution < -0.4 is 0 Å². The molecular formula is C46H26N4O. The van der Waals surface area contributed by atoms with Crippen molar-refractivity contribution >= 4 is 76.3 Å². The van der Waals surface area contributed by atoms with Crippen LogP contribution in [0.4, 0.5) is 0 Å². The van der Waals surface area contributed by atoms with Gasteiger partial charge in [-0.15, -0.1) is 0 Å². The molecule has 0 radical (unpaired) electrons. The van der Waals surface area contributed by atoms with Crippen molar-refractivity contribution in [3.63, 3.8) is 0 Å². The Balaban J connectivity index is 1.07. The largest absolute Gasteiger partial charge is 0.455 e. The molecule has 5 aromatic heterocycles. The molecule has 0 bridgehead atoms. The third kappa shape index (κ3) is 4.15. The Hall–Kier alpha value is -6.98. The first-order chi connectivity index (χ1) is 25.3. The van der Waals surface area contributed by atoms with E-state index in [4.69, 9.17) is 19.4 Å².